The number of hydrogen-bond donors (Lipinski definition) is 1. The summed E-state index contributed by atoms with van der Waals surface area (Å²) in [6, 6.07) is 4.29. The molecule has 1 aromatic rings. The van der Waals surface area contributed by atoms with Crippen molar-refractivity contribution in [2.75, 3.05) is 6.54 Å². The first kappa shape index (κ1) is 17.6. The molecule has 1 aliphatic heterocycles. The highest BCUT2D eigenvalue weighted by Crippen LogP contribution is 2.62. The summed E-state index contributed by atoms with van der Waals surface area (Å²) < 4.78 is 32.6. The molecule has 1 aliphatic carbocycles. The molecule has 2 fully saturated rings. The largest absolute Gasteiger partial charge is 0.444 e. The van der Waals surface area contributed by atoms with Gasteiger partial charge < -0.3 is 14.7 Å². The fourth-order valence-corrected chi connectivity index (χ4v) is 3.83. The molecular weight excluding hydrogens is 330 g/mol. The highest BCUT2D eigenvalue weighted by atomic mass is 19.1. The SMILES string of the molecule is CC(C)(C)OC(=O)N1CC2(c3cc(F)cc(F)c3)CC2C1C(O)C#N. The second kappa shape index (κ2) is 5.67. The molecule has 2 aliphatic rings. The van der Waals surface area contributed by atoms with Gasteiger partial charge in [0.05, 0.1) is 12.1 Å². The van der Waals surface area contributed by atoms with E-state index in [0.717, 1.165) is 6.07 Å². The average molecular weight is 350 g/mol. The molecule has 134 valence electrons. The van der Waals surface area contributed by atoms with Gasteiger partial charge in [0.15, 0.2) is 6.10 Å². The third kappa shape index (κ3) is 3.07. The van der Waals surface area contributed by atoms with Crippen LogP contribution in [0.25, 0.3) is 0 Å². The van der Waals surface area contributed by atoms with Crippen LogP contribution in [-0.2, 0) is 10.2 Å². The number of carbonyl (C=O) groups excluding carboxylic acids is 1. The van der Waals surface area contributed by atoms with Crippen LogP contribution >= 0.6 is 0 Å². The number of benzene rings is 1. The minimum Gasteiger partial charge on any atom is -0.444 e. The van der Waals surface area contributed by atoms with E-state index in [2.05, 4.69) is 0 Å². The maximum atomic E-state index is 13.6. The zero-order valence-corrected chi connectivity index (χ0v) is 14.3. The lowest BCUT2D eigenvalue weighted by atomic mass is 9.93. The summed E-state index contributed by atoms with van der Waals surface area (Å²) in [6.07, 6.45) is -1.48. The lowest BCUT2D eigenvalue weighted by Gasteiger charge is -2.31. The van der Waals surface area contributed by atoms with Gasteiger partial charge in [-0.15, -0.1) is 0 Å². The van der Waals surface area contributed by atoms with E-state index >= 15 is 0 Å². The van der Waals surface area contributed by atoms with Gasteiger partial charge in [0.2, 0.25) is 0 Å². The van der Waals surface area contributed by atoms with Gasteiger partial charge in [-0.05, 0) is 50.8 Å². The molecule has 1 N–H and O–H groups in total. The van der Waals surface area contributed by atoms with Crippen molar-refractivity contribution in [1.29, 1.82) is 5.26 Å². The monoisotopic (exact) mass is 350 g/mol. The van der Waals surface area contributed by atoms with Crippen LogP contribution in [0.5, 0.6) is 0 Å². The van der Waals surface area contributed by atoms with Crippen LogP contribution in [0.4, 0.5) is 13.6 Å². The average Bonchev–Trinajstić information content (AvgIpc) is 3.10. The van der Waals surface area contributed by atoms with Crippen molar-refractivity contribution in [1.82, 2.24) is 4.90 Å². The Kier molecular flexibility index (Phi) is 3.99. The van der Waals surface area contributed by atoms with Crippen LogP contribution in [0.3, 0.4) is 0 Å². The summed E-state index contributed by atoms with van der Waals surface area (Å²) in [5.41, 5.74) is -0.942. The number of nitrogens with zero attached hydrogens (tertiary/aromatic N) is 2. The molecule has 0 bridgehead atoms. The van der Waals surface area contributed by atoms with Crippen LogP contribution in [0.1, 0.15) is 32.8 Å². The number of ether oxygens (including phenoxy) is 1. The first-order valence-electron chi connectivity index (χ1n) is 8.11. The van der Waals surface area contributed by atoms with Crippen molar-refractivity contribution in [3.63, 3.8) is 0 Å². The maximum absolute atomic E-state index is 13.6. The molecule has 0 radical (unpaired) electrons. The summed E-state index contributed by atoms with van der Waals surface area (Å²) in [5, 5.41) is 19.2. The molecule has 3 rings (SSSR count). The molecule has 1 saturated carbocycles. The van der Waals surface area contributed by atoms with Gasteiger partial charge in [0.25, 0.3) is 0 Å². The molecule has 7 heteroatoms. The zero-order chi connectivity index (χ0) is 18.6. The number of likely N-dealkylation sites (tertiary alicyclic amines) is 1. The lowest BCUT2D eigenvalue weighted by molar-refractivity contribution is 0.00669. The van der Waals surface area contributed by atoms with E-state index in [1.54, 1.807) is 26.8 Å². The normalized spacial score (nSPS) is 28.9. The third-order valence-corrected chi connectivity index (χ3v) is 4.88. The molecule has 1 saturated heterocycles. The van der Waals surface area contributed by atoms with E-state index in [9.17, 15) is 18.7 Å². The fourth-order valence-electron chi connectivity index (χ4n) is 3.83. The maximum Gasteiger partial charge on any atom is 0.410 e. The second-order valence-electron chi connectivity index (χ2n) is 7.80. The number of piperidine rings is 1. The van der Waals surface area contributed by atoms with Crippen molar-refractivity contribution in [2.45, 2.75) is 50.4 Å². The van der Waals surface area contributed by atoms with Crippen molar-refractivity contribution in [3.05, 3.63) is 35.4 Å². The number of hydrogen-bond acceptors (Lipinski definition) is 4. The summed E-state index contributed by atoms with van der Waals surface area (Å²) in [7, 11) is 0. The lowest BCUT2D eigenvalue weighted by Crippen LogP contribution is -2.47. The third-order valence-electron chi connectivity index (χ3n) is 4.88. The fraction of sp³-hybridized carbons (Fsp3) is 0.556. The van der Waals surface area contributed by atoms with Crippen LogP contribution in [0.2, 0.25) is 0 Å². The first-order chi connectivity index (χ1) is 11.6. The van der Waals surface area contributed by atoms with Crippen molar-refractivity contribution in [2.24, 2.45) is 5.92 Å². The smallest absolute Gasteiger partial charge is 0.410 e. The molecule has 0 spiro atoms. The number of aliphatic hydroxyl groups excluding tert-OH is 1. The number of nitriles is 1. The van der Waals surface area contributed by atoms with Gasteiger partial charge in [-0.25, -0.2) is 13.6 Å². The summed E-state index contributed by atoms with van der Waals surface area (Å²) >= 11 is 0. The molecule has 1 amide bonds. The quantitative estimate of drug-likeness (QED) is 0.833. The van der Waals surface area contributed by atoms with Gasteiger partial charge in [-0.1, -0.05) is 0 Å². The molecule has 4 unspecified atom stereocenters. The Bertz CT molecular complexity index is 735. The molecule has 1 aromatic carbocycles. The van der Waals surface area contributed by atoms with Gasteiger partial charge in [-0.3, -0.25) is 0 Å². The first-order valence-corrected chi connectivity index (χ1v) is 8.11. The van der Waals surface area contributed by atoms with Crippen molar-refractivity contribution < 1.29 is 23.4 Å². The van der Waals surface area contributed by atoms with E-state index in [1.807, 2.05) is 0 Å². The van der Waals surface area contributed by atoms with E-state index < -0.39 is 40.9 Å². The second-order valence-corrected chi connectivity index (χ2v) is 7.80. The zero-order valence-electron chi connectivity index (χ0n) is 14.3. The minimum atomic E-state index is -1.39. The summed E-state index contributed by atoms with van der Waals surface area (Å²) in [4.78, 5) is 13.8. The molecule has 25 heavy (non-hydrogen) atoms. The van der Waals surface area contributed by atoms with Crippen molar-refractivity contribution in [3.8, 4) is 6.07 Å². The van der Waals surface area contributed by atoms with E-state index in [-0.39, 0.29) is 12.5 Å². The highest BCUT2D eigenvalue weighted by molar-refractivity contribution is 5.71. The van der Waals surface area contributed by atoms with Crippen LogP contribution < -0.4 is 0 Å². The predicted molar refractivity (Wildman–Crippen MR) is 84.5 cm³/mol. The van der Waals surface area contributed by atoms with E-state index in [1.165, 1.54) is 17.0 Å². The Hall–Kier alpha value is -2.20. The Morgan fingerprint density at radius 2 is 2.00 bits per heavy atom. The molecular formula is C18H20F2N2O3. The Balaban J connectivity index is 1.93. The standard InChI is InChI=1S/C18H20F2N2O3/c1-17(2,3)25-16(24)22-9-18(7-13(18)15(22)14(23)8-21)10-4-11(19)6-12(20)5-10/h4-6,13-15,23H,7,9H2,1-3H3. The number of aliphatic hydroxyl groups is 1. The molecule has 0 aromatic heterocycles. The summed E-state index contributed by atoms with van der Waals surface area (Å²) in [5.74, 6) is -1.62. The number of halogens is 2. The van der Waals surface area contributed by atoms with Gasteiger partial charge in [0.1, 0.15) is 17.2 Å². The van der Waals surface area contributed by atoms with Crippen LogP contribution in [0, 0.1) is 28.9 Å². The molecule has 4 atom stereocenters. The van der Waals surface area contributed by atoms with Crippen LogP contribution in [0.15, 0.2) is 18.2 Å². The number of rotatable bonds is 2. The molecule has 1 heterocycles. The Morgan fingerprint density at radius 1 is 1.40 bits per heavy atom. The van der Waals surface area contributed by atoms with Gasteiger partial charge >= 0.3 is 6.09 Å². The Morgan fingerprint density at radius 3 is 2.52 bits per heavy atom. The topological polar surface area (TPSA) is 73.6 Å². The molecule has 5 nitrogen and oxygen atoms in total. The van der Waals surface area contributed by atoms with Gasteiger partial charge in [0, 0.05) is 18.0 Å². The predicted octanol–water partition coefficient (Wildman–Crippen LogP) is 2.73. The van der Waals surface area contributed by atoms with E-state index in [4.69, 9.17) is 10.00 Å². The Labute approximate surface area is 144 Å². The van der Waals surface area contributed by atoms with Gasteiger partial charge in [-0.2, -0.15) is 5.26 Å². The number of fused-ring (bicyclic) bond motifs is 1. The van der Waals surface area contributed by atoms with Crippen molar-refractivity contribution >= 4 is 6.09 Å². The summed E-state index contributed by atoms with van der Waals surface area (Å²) in [6.45, 7) is 5.30. The van der Waals surface area contributed by atoms with E-state index in [0.29, 0.717) is 12.0 Å². The number of amides is 1. The highest BCUT2D eigenvalue weighted by Gasteiger charge is 2.68. The number of carbonyl (C=O) groups is 1. The minimum absolute atomic E-state index is 0.152. The van der Waals surface area contributed by atoms with Crippen LogP contribution in [-0.4, -0.2) is 40.4 Å².